The van der Waals surface area contributed by atoms with E-state index in [9.17, 15) is 44.1 Å². The van der Waals surface area contributed by atoms with Crippen LogP contribution in [0, 0.1) is 28.6 Å². The normalized spacial score (nSPS) is 34.2. The average molecular weight is 812 g/mol. The summed E-state index contributed by atoms with van der Waals surface area (Å²) in [7, 11) is 0. The molecule has 0 radical (unpaired) electrons. The number of carbonyl (C=O) groups excluding carboxylic acids is 6. The van der Waals surface area contributed by atoms with Crippen LogP contribution in [0.25, 0.3) is 0 Å². The van der Waals surface area contributed by atoms with E-state index in [-0.39, 0.29) is 24.2 Å². The van der Waals surface area contributed by atoms with Gasteiger partial charge in [0.15, 0.2) is 11.7 Å². The van der Waals surface area contributed by atoms with E-state index in [2.05, 4.69) is 5.32 Å². The lowest BCUT2D eigenvalue weighted by molar-refractivity contribution is -0.350. The van der Waals surface area contributed by atoms with Gasteiger partial charge in [0.1, 0.15) is 23.9 Å². The lowest BCUT2D eigenvalue weighted by Crippen LogP contribution is -2.82. The molecule has 1 amide bonds. The maximum atomic E-state index is 14.9. The fraction of sp³-hybridized carbons (Fsp3) is 0.467. The number of esters is 3. The first-order valence-electron chi connectivity index (χ1n) is 19.7. The Hall–Kier alpha value is -5.28. The van der Waals surface area contributed by atoms with E-state index in [1.807, 2.05) is 0 Å². The molecule has 2 bridgehead atoms. The summed E-state index contributed by atoms with van der Waals surface area (Å²) >= 11 is 0. The summed E-state index contributed by atoms with van der Waals surface area (Å²) in [5.74, 6) is -9.44. The minimum absolute atomic E-state index is 0.0794. The van der Waals surface area contributed by atoms with Gasteiger partial charge < -0.3 is 39.6 Å². The molecule has 1 aliphatic heterocycles. The monoisotopic (exact) mass is 811 g/mol. The number of hydrogen-bond donors (Lipinski definition) is 4. The summed E-state index contributed by atoms with van der Waals surface area (Å²) < 4.78 is 24.2. The smallest absolute Gasteiger partial charge is 0.338 e. The van der Waals surface area contributed by atoms with Gasteiger partial charge in [-0.15, -0.1) is 0 Å². The van der Waals surface area contributed by atoms with Crippen molar-refractivity contribution in [1.29, 1.82) is 0 Å². The summed E-state index contributed by atoms with van der Waals surface area (Å²) in [5, 5.41) is 39.7. The third kappa shape index (κ3) is 6.75. The number of hydrogen-bond acceptors (Lipinski definition) is 13. The van der Waals surface area contributed by atoms with Crippen molar-refractivity contribution in [3.63, 3.8) is 0 Å². The lowest BCUT2D eigenvalue weighted by atomic mass is 9.42. The molecule has 7 rings (SSSR count). The molecule has 3 aromatic rings. The van der Waals surface area contributed by atoms with Crippen LogP contribution in [-0.4, -0.2) is 99.0 Å². The molecular formula is C45H49NO13. The predicted molar refractivity (Wildman–Crippen MR) is 207 cm³/mol. The van der Waals surface area contributed by atoms with Gasteiger partial charge in [-0.25, -0.2) is 9.59 Å². The van der Waals surface area contributed by atoms with Crippen LogP contribution in [0.15, 0.2) is 91.0 Å². The quantitative estimate of drug-likeness (QED) is 0.139. The van der Waals surface area contributed by atoms with E-state index >= 15 is 0 Å². The maximum Gasteiger partial charge on any atom is 0.338 e. The number of benzene rings is 3. The Morgan fingerprint density at radius 2 is 1.44 bits per heavy atom. The second-order valence-electron chi connectivity index (χ2n) is 17.1. The highest BCUT2D eigenvalue weighted by Crippen LogP contribution is 2.64. The van der Waals surface area contributed by atoms with E-state index in [1.165, 1.54) is 19.1 Å². The van der Waals surface area contributed by atoms with Gasteiger partial charge in [0.25, 0.3) is 5.91 Å². The third-order valence-electron chi connectivity index (χ3n) is 13.5. The number of amides is 1. The second-order valence-corrected chi connectivity index (χ2v) is 17.1. The topological polar surface area (TPSA) is 212 Å². The van der Waals surface area contributed by atoms with Crippen molar-refractivity contribution in [2.45, 2.75) is 95.2 Å². The van der Waals surface area contributed by atoms with Crippen molar-refractivity contribution >= 4 is 35.4 Å². The van der Waals surface area contributed by atoms with Crippen LogP contribution < -0.4 is 5.32 Å². The Bertz CT molecular complexity index is 2130. The summed E-state index contributed by atoms with van der Waals surface area (Å²) in [6, 6.07) is 23.0. The zero-order valence-corrected chi connectivity index (χ0v) is 33.4. The summed E-state index contributed by atoms with van der Waals surface area (Å²) in [4.78, 5) is 84.2. The van der Waals surface area contributed by atoms with Crippen molar-refractivity contribution in [2.24, 2.45) is 28.6 Å². The Kier molecular flexibility index (Phi) is 10.9. The number of aliphatic hydroxyl groups is 3. The highest BCUT2D eigenvalue weighted by atomic mass is 16.6. The second kappa shape index (κ2) is 15.4. The van der Waals surface area contributed by atoms with Crippen molar-refractivity contribution in [3.05, 3.63) is 108 Å². The van der Waals surface area contributed by atoms with Crippen molar-refractivity contribution in [2.75, 3.05) is 6.61 Å². The number of ketones is 2. The first kappa shape index (κ1) is 41.9. The van der Waals surface area contributed by atoms with Crippen LogP contribution in [0.5, 0.6) is 0 Å². The van der Waals surface area contributed by atoms with Gasteiger partial charge in [0.2, 0.25) is 11.6 Å². The standard InChI is InChI=1S/C45H49NO13/c1-24-29(57-41(54)35(50)33(26-15-9-6-10-16-26)46-39(52)27-17-11-7-12-18-27)22-45(55)38(58-40(53)28-19-13-8-14-20-28)36-43(5,37(51)34(49)32(24)42(45,3)4)30(48)21-31-44(36,23-56-31)59-25(2)47/h6-20,24,29-33,35-36,38,48,50,55H,21-23H2,1-5H3,(H,46,52)/t24?,29-,30+,31?,32?,33-,35+,36?,38-,43+,44-,45+/m0/s1. The molecule has 3 aliphatic carbocycles. The maximum absolute atomic E-state index is 14.9. The number of nitrogens with one attached hydrogen (secondary N) is 1. The first-order chi connectivity index (χ1) is 27.9. The Morgan fingerprint density at radius 1 is 0.864 bits per heavy atom. The predicted octanol–water partition coefficient (Wildman–Crippen LogP) is 3.31. The Labute approximate surface area is 341 Å². The van der Waals surface area contributed by atoms with Crippen LogP contribution in [0.3, 0.4) is 0 Å². The molecule has 4 unspecified atom stereocenters. The number of fused-ring (bicyclic) bond motifs is 5. The van der Waals surface area contributed by atoms with Crippen LogP contribution in [0.2, 0.25) is 0 Å². The van der Waals surface area contributed by atoms with Crippen LogP contribution in [0.4, 0.5) is 0 Å². The highest BCUT2D eigenvalue weighted by molar-refractivity contribution is 6.40. The van der Waals surface area contributed by atoms with E-state index in [1.54, 1.807) is 99.6 Å². The number of aliphatic hydroxyl groups excluding tert-OH is 2. The summed E-state index contributed by atoms with van der Waals surface area (Å²) in [6.45, 7) is 6.88. The molecular weight excluding hydrogens is 762 g/mol. The largest absolute Gasteiger partial charge is 0.460 e. The SMILES string of the molecule is CC(=O)O[C@@]12COC1C[C@@H](O)[C@@]1(C)C(=O)C(=O)C3C(C)[C@@H](OC(=O)[C@H](O)[C@@H](NC(=O)c4ccccc4)c4ccccc4)C[C@@](O)([C@@H](OC(=O)c4ccccc4)C21)C3(C)C. The zero-order valence-electron chi connectivity index (χ0n) is 33.4. The van der Waals surface area contributed by atoms with Crippen LogP contribution in [-0.2, 0) is 38.1 Å². The van der Waals surface area contributed by atoms with Gasteiger partial charge >= 0.3 is 17.9 Å². The fourth-order valence-electron chi connectivity index (χ4n) is 10.2. The van der Waals surface area contributed by atoms with E-state index in [4.69, 9.17) is 18.9 Å². The summed E-state index contributed by atoms with van der Waals surface area (Å²) in [6.07, 6.45) is -8.48. The summed E-state index contributed by atoms with van der Waals surface area (Å²) in [5.41, 5.74) is -7.06. The molecule has 1 heterocycles. The molecule has 3 saturated carbocycles. The number of carbonyl (C=O) groups is 6. The number of rotatable bonds is 9. The Morgan fingerprint density at radius 3 is 2.00 bits per heavy atom. The van der Waals surface area contributed by atoms with E-state index < -0.39 is 118 Å². The molecule has 4 aliphatic rings. The molecule has 0 spiro atoms. The fourth-order valence-corrected chi connectivity index (χ4v) is 10.2. The molecule has 4 fully saturated rings. The molecule has 14 nitrogen and oxygen atoms in total. The van der Waals surface area contributed by atoms with Crippen molar-refractivity contribution in [1.82, 2.24) is 5.32 Å². The molecule has 0 aromatic heterocycles. The van der Waals surface area contributed by atoms with E-state index in [0.717, 1.165) is 6.92 Å². The molecule has 4 N–H and O–H groups in total. The van der Waals surface area contributed by atoms with Crippen LogP contribution in [0.1, 0.15) is 79.8 Å². The number of Topliss-reactive ketones (excluding diaryl/α,β-unsaturated/α-hetero) is 2. The minimum atomic E-state index is -2.35. The Balaban J connectivity index is 1.32. The molecule has 14 heteroatoms. The number of ether oxygens (including phenoxy) is 4. The van der Waals surface area contributed by atoms with Crippen molar-refractivity contribution in [3.8, 4) is 0 Å². The average Bonchev–Trinajstić information content (AvgIpc) is 3.21. The van der Waals surface area contributed by atoms with Gasteiger partial charge in [-0.1, -0.05) is 87.5 Å². The molecule has 3 aromatic carbocycles. The molecule has 59 heavy (non-hydrogen) atoms. The van der Waals surface area contributed by atoms with Gasteiger partial charge in [0, 0.05) is 42.6 Å². The minimum Gasteiger partial charge on any atom is -0.460 e. The highest BCUT2D eigenvalue weighted by Gasteiger charge is 2.79. The van der Waals surface area contributed by atoms with Crippen molar-refractivity contribution < 1.29 is 63.0 Å². The van der Waals surface area contributed by atoms with Gasteiger partial charge in [-0.3, -0.25) is 19.2 Å². The van der Waals surface area contributed by atoms with Gasteiger partial charge in [0.05, 0.1) is 35.6 Å². The molecule has 1 saturated heterocycles. The molecule has 12 atom stereocenters. The molecule has 312 valence electrons. The van der Waals surface area contributed by atoms with Crippen LogP contribution >= 0.6 is 0 Å². The third-order valence-corrected chi connectivity index (χ3v) is 13.5. The van der Waals surface area contributed by atoms with Gasteiger partial charge in [-0.05, 0) is 36.8 Å². The zero-order chi connectivity index (χ0) is 42.7. The first-order valence-corrected chi connectivity index (χ1v) is 19.7. The van der Waals surface area contributed by atoms with Gasteiger partial charge in [-0.2, -0.15) is 0 Å². The lowest BCUT2D eigenvalue weighted by Gasteiger charge is -2.67. The van der Waals surface area contributed by atoms with E-state index in [0.29, 0.717) is 5.56 Å².